The van der Waals surface area contributed by atoms with E-state index in [2.05, 4.69) is 5.79 Å². The first kappa shape index (κ1) is 11.6. The van der Waals surface area contributed by atoms with Crippen molar-refractivity contribution in [2.45, 2.75) is 42.7 Å². The zero-order chi connectivity index (χ0) is 8.53. The lowest BCUT2D eigenvalue weighted by molar-refractivity contribution is 0.501. The first-order valence-corrected chi connectivity index (χ1v) is 6.70. The molecule has 0 saturated heterocycles. The highest BCUT2D eigenvalue weighted by molar-refractivity contribution is 7.16. The second-order valence-electron chi connectivity index (χ2n) is 2.81. The van der Waals surface area contributed by atoms with Crippen LogP contribution in [0.5, 0.6) is 0 Å². The Kier molecular flexibility index (Phi) is 9.15. The highest BCUT2D eigenvalue weighted by atomic mass is 31.1. The van der Waals surface area contributed by atoms with Gasteiger partial charge in [-0.25, -0.2) is 4.57 Å². The molecule has 1 N–H and O–H groups in total. The second kappa shape index (κ2) is 8.69. The molecule has 1 rings (SSSR count). The summed E-state index contributed by atoms with van der Waals surface area (Å²) in [6, 6.07) is 0. The molecule has 0 bridgehead atoms. The molecule has 4 heteroatoms. The zero-order valence-electron chi connectivity index (χ0n) is 6.99. The van der Waals surface area contributed by atoms with Crippen molar-refractivity contribution >= 4 is 23.9 Å². The maximum atomic E-state index is 8.46. The molecule has 0 aromatic rings. The molecule has 0 aromatic carbocycles. The van der Waals surface area contributed by atoms with E-state index in [0.717, 1.165) is 15.2 Å². The average molecular weight is 189 g/mol. The largest absolute Gasteiger partial charge is 0.324 e. The van der Waals surface area contributed by atoms with Crippen LogP contribution in [0.2, 0.25) is 10.6 Å². The molecule has 0 spiro atoms. The maximum absolute atomic E-state index is 8.46. The van der Waals surface area contributed by atoms with Crippen molar-refractivity contribution in [2.24, 2.45) is 0 Å². The third kappa shape index (κ3) is 6.97. The molecule has 1 aliphatic rings. The maximum Gasteiger partial charge on any atom is 0.324 e. The van der Waals surface area contributed by atoms with Crippen molar-refractivity contribution in [3.8, 4) is 0 Å². The van der Waals surface area contributed by atoms with Gasteiger partial charge in [0.1, 0.15) is 0 Å². The van der Waals surface area contributed by atoms with E-state index in [9.17, 15) is 0 Å². The van der Waals surface area contributed by atoms with Gasteiger partial charge in [0.2, 0.25) is 15.2 Å². The topological polar surface area (TPSA) is 37.3 Å². The molecule has 1 aliphatic carbocycles. The van der Waals surface area contributed by atoms with Gasteiger partial charge in [0.15, 0.2) is 0 Å². The van der Waals surface area contributed by atoms with Crippen LogP contribution in [0.15, 0.2) is 0 Å². The van der Waals surface area contributed by atoms with E-state index in [-0.39, 0.29) is 0 Å². The number of rotatable bonds is 1. The monoisotopic (exact) mass is 189 g/mol. The lowest BCUT2D eigenvalue weighted by Gasteiger charge is -2.18. The van der Waals surface area contributed by atoms with E-state index >= 15 is 0 Å². The van der Waals surface area contributed by atoms with Gasteiger partial charge in [0.25, 0.3) is 0 Å². The zero-order valence-corrected chi connectivity index (χ0v) is 9.04. The summed E-state index contributed by atoms with van der Waals surface area (Å²) in [5.74, 6) is 2.40. The minimum atomic E-state index is -0.833. The molecule has 11 heavy (non-hydrogen) atoms. The molecule has 0 aromatic heterocycles. The van der Waals surface area contributed by atoms with Crippen LogP contribution in [-0.2, 0) is 4.57 Å². The van der Waals surface area contributed by atoms with Crippen LogP contribution < -0.4 is 0 Å². The van der Waals surface area contributed by atoms with Crippen molar-refractivity contribution in [3.63, 3.8) is 0 Å². The fourth-order valence-corrected chi connectivity index (χ4v) is 2.61. The molecule has 1 radical (unpaired) electrons. The summed E-state index contributed by atoms with van der Waals surface area (Å²) in [6.45, 7) is 0. The summed E-state index contributed by atoms with van der Waals surface area (Å²) in [4.78, 5) is 6.99. The van der Waals surface area contributed by atoms with E-state index in [0.29, 0.717) is 0 Å². The highest BCUT2D eigenvalue weighted by Gasteiger charge is 2.10. The SMILES string of the molecule is O=PO.[CH3][Al][CH]1CCCCC1. The van der Waals surface area contributed by atoms with Crippen LogP contribution in [0.3, 0.4) is 0 Å². The molecule has 1 saturated carbocycles. The van der Waals surface area contributed by atoms with Gasteiger partial charge in [-0.1, -0.05) is 36.9 Å². The van der Waals surface area contributed by atoms with Crippen LogP contribution in [0, 0.1) is 0 Å². The van der Waals surface area contributed by atoms with Gasteiger partial charge in [0, 0.05) is 0 Å². The quantitative estimate of drug-likeness (QED) is 0.508. The summed E-state index contributed by atoms with van der Waals surface area (Å²) >= 11 is 0.788. The van der Waals surface area contributed by atoms with Gasteiger partial charge in [-0.15, -0.1) is 5.79 Å². The Morgan fingerprint density at radius 1 is 1.36 bits per heavy atom. The van der Waals surface area contributed by atoms with Gasteiger partial charge in [-0.3, -0.25) is 0 Å². The standard InChI is InChI=1S/C6H11.CH3.Al.HO2P/c1-2-4-6-5-3-1;;;1-3-2/h1H,2-6H2;1H3;;(H,1,2). The summed E-state index contributed by atoms with van der Waals surface area (Å²) < 4.78 is 9.63. The van der Waals surface area contributed by atoms with Crippen LogP contribution in [0.4, 0.5) is 0 Å². The molecule has 63 valence electrons. The molecule has 1 fully saturated rings. The minimum Gasteiger partial charge on any atom is -0.310 e. The van der Waals surface area contributed by atoms with E-state index in [4.69, 9.17) is 9.46 Å². The molecule has 0 heterocycles. The molecule has 2 nitrogen and oxygen atoms in total. The molecule has 0 unspecified atom stereocenters. The normalized spacial score (nSPS) is 18.7. The molecule has 0 atom stereocenters. The van der Waals surface area contributed by atoms with Crippen LogP contribution in [0.1, 0.15) is 32.1 Å². The average Bonchev–Trinajstić information content (AvgIpc) is 2.08. The predicted molar refractivity (Wildman–Crippen MR) is 48.3 cm³/mol. The molecular formula is C7H15AlO2P. The lowest BCUT2D eigenvalue weighted by Crippen LogP contribution is -2.04. The first-order valence-electron chi connectivity index (χ1n) is 4.11. The van der Waals surface area contributed by atoms with E-state index in [1.165, 1.54) is 24.0 Å². The third-order valence-electron chi connectivity index (χ3n) is 2.12. The molecule has 0 aliphatic heterocycles. The fourth-order valence-electron chi connectivity index (χ4n) is 1.47. The second-order valence-corrected chi connectivity index (χ2v) is 4.59. The van der Waals surface area contributed by atoms with Gasteiger partial charge in [0.05, 0.1) is 0 Å². The van der Waals surface area contributed by atoms with Gasteiger partial charge >= 0.3 is 8.69 Å². The van der Waals surface area contributed by atoms with Crippen molar-refractivity contribution in [2.75, 3.05) is 0 Å². The first-order chi connectivity index (χ1) is 5.35. The van der Waals surface area contributed by atoms with E-state index < -0.39 is 8.69 Å². The van der Waals surface area contributed by atoms with Gasteiger partial charge < -0.3 is 4.89 Å². The van der Waals surface area contributed by atoms with Crippen molar-refractivity contribution in [1.29, 1.82) is 0 Å². The fraction of sp³-hybridized carbons (Fsp3) is 1.00. The highest BCUT2D eigenvalue weighted by Crippen LogP contribution is 2.27. The van der Waals surface area contributed by atoms with Crippen LogP contribution in [0.25, 0.3) is 0 Å². The summed E-state index contributed by atoms with van der Waals surface area (Å²) in [6.07, 6.45) is 7.64. The summed E-state index contributed by atoms with van der Waals surface area (Å²) in [7, 11) is -0.833. The lowest BCUT2D eigenvalue weighted by atomic mass is 10.0. The summed E-state index contributed by atoms with van der Waals surface area (Å²) in [5.41, 5.74) is 0. The van der Waals surface area contributed by atoms with E-state index in [1.54, 1.807) is 12.8 Å². The Balaban J connectivity index is 0.000000292. The van der Waals surface area contributed by atoms with Crippen molar-refractivity contribution in [3.05, 3.63) is 0 Å². The van der Waals surface area contributed by atoms with Gasteiger partial charge in [-0.05, 0) is 0 Å². The van der Waals surface area contributed by atoms with Crippen LogP contribution >= 0.6 is 8.69 Å². The van der Waals surface area contributed by atoms with E-state index in [1.807, 2.05) is 0 Å². The van der Waals surface area contributed by atoms with Crippen molar-refractivity contribution < 1.29 is 9.46 Å². The van der Waals surface area contributed by atoms with Crippen LogP contribution in [-0.4, -0.2) is 20.1 Å². The van der Waals surface area contributed by atoms with Gasteiger partial charge in [-0.2, -0.15) is 0 Å². The Bertz CT molecular complexity index is 94.4. The Hall–Kier alpha value is 0.592. The Labute approximate surface area is 76.4 Å². The molecule has 0 amide bonds. The summed E-state index contributed by atoms with van der Waals surface area (Å²) in [5, 5.41) is 0. The predicted octanol–water partition coefficient (Wildman–Crippen LogP) is 2.68. The Morgan fingerprint density at radius 2 is 1.82 bits per heavy atom. The Morgan fingerprint density at radius 3 is 2.09 bits per heavy atom. The number of hydrogen-bond donors (Lipinski definition) is 1. The molecular weight excluding hydrogens is 174 g/mol. The number of hydrogen-bond acceptors (Lipinski definition) is 1. The third-order valence-corrected chi connectivity index (χ3v) is 3.73. The van der Waals surface area contributed by atoms with Crippen molar-refractivity contribution in [1.82, 2.24) is 0 Å². The smallest absolute Gasteiger partial charge is 0.310 e. The minimum absolute atomic E-state index is 0.788.